The number of likely N-dealkylation sites (tertiary alicyclic amines) is 1. The molecule has 2 saturated heterocycles. The molecule has 0 saturated carbocycles. The van der Waals surface area contributed by atoms with Crippen LogP contribution >= 0.6 is 0 Å². The van der Waals surface area contributed by atoms with Crippen molar-refractivity contribution >= 4 is 5.91 Å². The SMILES string of the molecule is CC(C)N1CCCCC2(CN(Cc3ccccc3)CCO2)C1=O. The van der Waals surface area contributed by atoms with Gasteiger partial charge in [0.1, 0.15) is 0 Å². The van der Waals surface area contributed by atoms with Gasteiger partial charge in [-0.25, -0.2) is 0 Å². The van der Waals surface area contributed by atoms with Gasteiger partial charge in [-0.15, -0.1) is 0 Å². The van der Waals surface area contributed by atoms with E-state index in [4.69, 9.17) is 4.74 Å². The molecule has 1 atom stereocenters. The van der Waals surface area contributed by atoms with Crippen LogP contribution in [0.15, 0.2) is 30.3 Å². The minimum atomic E-state index is -0.631. The van der Waals surface area contributed by atoms with Crippen LogP contribution in [0.3, 0.4) is 0 Å². The van der Waals surface area contributed by atoms with Crippen molar-refractivity contribution < 1.29 is 9.53 Å². The largest absolute Gasteiger partial charge is 0.362 e. The van der Waals surface area contributed by atoms with E-state index >= 15 is 0 Å². The van der Waals surface area contributed by atoms with Gasteiger partial charge in [-0.2, -0.15) is 0 Å². The number of benzene rings is 1. The average Bonchev–Trinajstić information content (AvgIpc) is 2.69. The Morgan fingerprint density at radius 1 is 1.17 bits per heavy atom. The summed E-state index contributed by atoms with van der Waals surface area (Å²) in [4.78, 5) is 17.5. The van der Waals surface area contributed by atoms with Crippen LogP contribution in [0.1, 0.15) is 38.7 Å². The number of carbonyl (C=O) groups excluding carboxylic acids is 1. The summed E-state index contributed by atoms with van der Waals surface area (Å²) in [5, 5.41) is 0. The van der Waals surface area contributed by atoms with E-state index in [2.05, 4.69) is 43.0 Å². The Kier molecular flexibility index (Phi) is 5.02. The first kappa shape index (κ1) is 16.5. The third-order valence-electron chi connectivity index (χ3n) is 5.02. The third kappa shape index (κ3) is 3.59. The molecule has 0 radical (unpaired) electrons. The molecular formula is C19H28N2O2. The van der Waals surface area contributed by atoms with E-state index in [9.17, 15) is 4.79 Å². The molecule has 4 heteroatoms. The van der Waals surface area contributed by atoms with Crippen LogP contribution in [-0.4, -0.2) is 53.6 Å². The number of amides is 1. The van der Waals surface area contributed by atoms with E-state index in [-0.39, 0.29) is 11.9 Å². The van der Waals surface area contributed by atoms with Crippen molar-refractivity contribution in [3.8, 4) is 0 Å². The number of nitrogens with zero attached hydrogens (tertiary/aromatic N) is 2. The van der Waals surface area contributed by atoms with Gasteiger partial charge < -0.3 is 9.64 Å². The average molecular weight is 316 g/mol. The van der Waals surface area contributed by atoms with Crippen molar-refractivity contribution in [1.29, 1.82) is 0 Å². The van der Waals surface area contributed by atoms with Crippen molar-refractivity contribution in [3.63, 3.8) is 0 Å². The van der Waals surface area contributed by atoms with Gasteiger partial charge >= 0.3 is 0 Å². The smallest absolute Gasteiger partial charge is 0.256 e. The summed E-state index contributed by atoms with van der Waals surface area (Å²) >= 11 is 0. The fourth-order valence-electron chi connectivity index (χ4n) is 3.77. The summed E-state index contributed by atoms with van der Waals surface area (Å²) in [6.45, 7) is 8.20. The van der Waals surface area contributed by atoms with E-state index in [0.29, 0.717) is 13.2 Å². The Balaban J connectivity index is 1.76. The maximum atomic E-state index is 13.1. The van der Waals surface area contributed by atoms with Crippen molar-refractivity contribution in [2.24, 2.45) is 0 Å². The van der Waals surface area contributed by atoms with Crippen LogP contribution in [0.5, 0.6) is 0 Å². The number of hydrogen-bond donors (Lipinski definition) is 0. The van der Waals surface area contributed by atoms with E-state index in [0.717, 1.165) is 38.9 Å². The van der Waals surface area contributed by atoms with Gasteiger partial charge in [0.05, 0.1) is 6.61 Å². The minimum absolute atomic E-state index is 0.197. The molecule has 2 fully saturated rings. The molecule has 1 unspecified atom stereocenters. The number of carbonyl (C=O) groups is 1. The zero-order chi connectivity index (χ0) is 16.3. The van der Waals surface area contributed by atoms with Crippen LogP contribution < -0.4 is 0 Å². The molecule has 2 heterocycles. The fourth-order valence-corrected chi connectivity index (χ4v) is 3.77. The summed E-state index contributed by atoms with van der Waals surface area (Å²) in [7, 11) is 0. The molecule has 1 aromatic carbocycles. The minimum Gasteiger partial charge on any atom is -0.362 e. The molecule has 0 aromatic heterocycles. The molecule has 0 aliphatic carbocycles. The molecule has 0 bridgehead atoms. The Bertz CT molecular complexity index is 531. The predicted octanol–water partition coefficient (Wildman–Crippen LogP) is 2.68. The number of rotatable bonds is 3. The first-order valence-electron chi connectivity index (χ1n) is 8.82. The van der Waals surface area contributed by atoms with Gasteiger partial charge in [-0.3, -0.25) is 9.69 Å². The highest BCUT2D eigenvalue weighted by atomic mass is 16.5. The Morgan fingerprint density at radius 2 is 1.96 bits per heavy atom. The highest BCUT2D eigenvalue weighted by Crippen LogP contribution is 2.31. The zero-order valence-electron chi connectivity index (χ0n) is 14.3. The summed E-state index contributed by atoms with van der Waals surface area (Å²) in [6.07, 6.45) is 2.99. The fraction of sp³-hybridized carbons (Fsp3) is 0.632. The van der Waals surface area contributed by atoms with E-state index in [1.54, 1.807) is 0 Å². The molecule has 2 aliphatic rings. The highest BCUT2D eigenvalue weighted by molar-refractivity contribution is 5.86. The maximum Gasteiger partial charge on any atom is 0.256 e. The van der Waals surface area contributed by atoms with Crippen LogP contribution in [0.25, 0.3) is 0 Å². The summed E-state index contributed by atoms with van der Waals surface area (Å²) < 4.78 is 6.11. The van der Waals surface area contributed by atoms with E-state index in [1.165, 1.54) is 5.56 Å². The predicted molar refractivity (Wildman–Crippen MR) is 91.1 cm³/mol. The third-order valence-corrected chi connectivity index (χ3v) is 5.02. The van der Waals surface area contributed by atoms with Crippen LogP contribution in [0.2, 0.25) is 0 Å². The molecule has 4 nitrogen and oxygen atoms in total. The Hall–Kier alpha value is -1.39. The lowest BCUT2D eigenvalue weighted by Gasteiger charge is -2.43. The van der Waals surface area contributed by atoms with Crippen molar-refractivity contribution in [3.05, 3.63) is 35.9 Å². The quantitative estimate of drug-likeness (QED) is 0.859. The van der Waals surface area contributed by atoms with Gasteiger partial charge in [0.25, 0.3) is 5.91 Å². The summed E-state index contributed by atoms with van der Waals surface area (Å²) in [5.74, 6) is 0.197. The molecule has 126 valence electrons. The van der Waals surface area contributed by atoms with Crippen LogP contribution in [0.4, 0.5) is 0 Å². The van der Waals surface area contributed by atoms with Crippen molar-refractivity contribution in [2.45, 2.75) is 51.3 Å². The van der Waals surface area contributed by atoms with Crippen molar-refractivity contribution in [1.82, 2.24) is 9.80 Å². The molecule has 0 N–H and O–H groups in total. The lowest BCUT2D eigenvalue weighted by molar-refractivity contribution is -0.172. The molecule has 2 aliphatic heterocycles. The van der Waals surface area contributed by atoms with Gasteiger partial charge in [0.2, 0.25) is 0 Å². The second-order valence-corrected chi connectivity index (χ2v) is 7.09. The number of hydrogen-bond acceptors (Lipinski definition) is 3. The lowest BCUT2D eigenvalue weighted by atomic mass is 9.93. The molecule has 1 amide bonds. The standard InChI is InChI=1S/C19H28N2O2/c1-16(2)21-11-7-6-10-19(18(21)22)15-20(12-13-23-19)14-17-8-4-3-5-9-17/h3-5,8-9,16H,6-7,10-15H2,1-2H3. The second kappa shape index (κ2) is 7.02. The monoisotopic (exact) mass is 316 g/mol. The molecule has 1 spiro atoms. The molecular weight excluding hydrogens is 288 g/mol. The molecule has 23 heavy (non-hydrogen) atoms. The Morgan fingerprint density at radius 3 is 2.70 bits per heavy atom. The highest BCUT2D eigenvalue weighted by Gasteiger charge is 2.47. The second-order valence-electron chi connectivity index (χ2n) is 7.09. The normalized spacial score (nSPS) is 26.7. The van der Waals surface area contributed by atoms with Gasteiger partial charge in [-0.1, -0.05) is 30.3 Å². The van der Waals surface area contributed by atoms with Gasteiger partial charge in [0, 0.05) is 32.2 Å². The van der Waals surface area contributed by atoms with E-state index in [1.807, 2.05) is 11.0 Å². The summed E-state index contributed by atoms with van der Waals surface area (Å²) in [5.41, 5.74) is 0.666. The van der Waals surface area contributed by atoms with Crippen LogP contribution in [0, 0.1) is 0 Å². The molecule has 3 rings (SSSR count). The van der Waals surface area contributed by atoms with Gasteiger partial charge in [-0.05, 0) is 38.7 Å². The van der Waals surface area contributed by atoms with E-state index < -0.39 is 5.60 Å². The first-order valence-corrected chi connectivity index (χ1v) is 8.82. The number of ether oxygens (including phenoxy) is 1. The lowest BCUT2D eigenvalue weighted by Crippen LogP contribution is -2.60. The Labute approximate surface area is 139 Å². The maximum absolute atomic E-state index is 13.1. The number of morpholine rings is 1. The topological polar surface area (TPSA) is 32.8 Å². The zero-order valence-corrected chi connectivity index (χ0v) is 14.3. The van der Waals surface area contributed by atoms with Crippen molar-refractivity contribution in [2.75, 3.05) is 26.2 Å². The van der Waals surface area contributed by atoms with Gasteiger partial charge in [0.15, 0.2) is 5.60 Å². The van der Waals surface area contributed by atoms with Crippen LogP contribution in [-0.2, 0) is 16.1 Å². The summed E-state index contributed by atoms with van der Waals surface area (Å²) in [6, 6.07) is 10.7. The molecule has 1 aromatic rings. The first-order chi connectivity index (χ1) is 11.1.